The smallest absolute Gasteiger partial charge is 0.224 e. The van der Waals surface area contributed by atoms with Gasteiger partial charge in [-0.15, -0.1) is 0 Å². The van der Waals surface area contributed by atoms with Crippen LogP contribution in [0, 0.1) is 0 Å². The van der Waals surface area contributed by atoms with E-state index in [1.54, 1.807) is 9.91 Å². The summed E-state index contributed by atoms with van der Waals surface area (Å²) in [6.07, 6.45) is 0.365. The van der Waals surface area contributed by atoms with Crippen molar-refractivity contribution in [2.75, 3.05) is 32.7 Å². The highest BCUT2D eigenvalue weighted by Gasteiger charge is 2.18. The van der Waals surface area contributed by atoms with Crippen LogP contribution >= 0.6 is 0 Å². The first kappa shape index (κ1) is 11.9. The zero-order chi connectivity index (χ0) is 11.3. The molecule has 1 aliphatic rings. The molecule has 1 rings (SSSR count). The summed E-state index contributed by atoms with van der Waals surface area (Å²) < 4.78 is 0. The molecule has 1 heterocycles. The first-order valence-electron chi connectivity index (χ1n) is 5.11. The summed E-state index contributed by atoms with van der Waals surface area (Å²) in [6, 6.07) is 0. The van der Waals surface area contributed by atoms with Crippen LogP contribution in [0.5, 0.6) is 0 Å². The van der Waals surface area contributed by atoms with Gasteiger partial charge in [0.15, 0.2) is 0 Å². The summed E-state index contributed by atoms with van der Waals surface area (Å²) >= 11 is 0. The Morgan fingerprint density at radius 3 is 2.40 bits per heavy atom. The number of nitrogens with two attached hydrogens (primary N) is 1. The highest BCUT2D eigenvalue weighted by Crippen LogP contribution is 1.99. The molecule has 86 valence electrons. The average molecular weight is 214 g/mol. The third-order valence-electron chi connectivity index (χ3n) is 2.38. The summed E-state index contributed by atoms with van der Waals surface area (Å²) in [7, 11) is 0. The van der Waals surface area contributed by atoms with Crippen LogP contribution in [0.2, 0.25) is 0 Å². The van der Waals surface area contributed by atoms with Crippen LogP contribution in [-0.4, -0.2) is 54.4 Å². The van der Waals surface area contributed by atoms with Gasteiger partial charge < -0.3 is 10.2 Å². The molecule has 15 heavy (non-hydrogen) atoms. The molecule has 1 saturated heterocycles. The molecule has 2 amide bonds. The van der Waals surface area contributed by atoms with Gasteiger partial charge in [-0.1, -0.05) is 0 Å². The van der Waals surface area contributed by atoms with E-state index < -0.39 is 0 Å². The van der Waals surface area contributed by atoms with Gasteiger partial charge >= 0.3 is 0 Å². The lowest BCUT2D eigenvalue weighted by Gasteiger charge is -2.32. The molecule has 0 aliphatic carbocycles. The van der Waals surface area contributed by atoms with Crippen LogP contribution in [0.3, 0.4) is 0 Å². The fraction of sp³-hybridized carbons (Fsp3) is 0.778. The molecule has 1 fully saturated rings. The maximum Gasteiger partial charge on any atom is 0.224 e. The first-order chi connectivity index (χ1) is 7.09. The monoisotopic (exact) mass is 214 g/mol. The fourth-order valence-electron chi connectivity index (χ4n) is 1.47. The van der Waals surface area contributed by atoms with E-state index in [9.17, 15) is 9.59 Å². The first-order valence-corrected chi connectivity index (χ1v) is 5.11. The van der Waals surface area contributed by atoms with Gasteiger partial charge in [-0.2, -0.15) is 0 Å². The number of amides is 2. The van der Waals surface area contributed by atoms with E-state index in [1.165, 1.54) is 6.92 Å². The van der Waals surface area contributed by atoms with E-state index in [0.717, 1.165) is 0 Å². The number of hydrogen-bond acceptors (Lipinski definition) is 4. The molecule has 0 unspecified atom stereocenters. The quantitative estimate of drug-likeness (QED) is 0.562. The Balaban J connectivity index is 2.19. The number of carbonyl (C=O) groups is 2. The highest BCUT2D eigenvalue weighted by molar-refractivity contribution is 5.78. The zero-order valence-corrected chi connectivity index (χ0v) is 9.03. The van der Waals surface area contributed by atoms with Gasteiger partial charge in [0, 0.05) is 46.1 Å². The van der Waals surface area contributed by atoms with Crippen molar-refractivity contribution in [2.24, 2.45) is 5.84 Å². The number of nitrogens with one attached hydrogen (secondary N) is 1. The minimum atomic E-state index is -0.102. The highest BCUT2D eigenvalue weighted by atomic mass is 16.2. The van der Waals surface area contributed by atoms with Gasteiger partial charge in [-0.3, -0.25) is 15.4 Å². The van der Waals surface area contributed by atoms with Gasteiger partial charge in [0.2, 0.25) is 11.8 Å². The van der Waals surface area contributed by atoms with Crippen molar-refractivity contribution in [3.8, 4) is 0 Å². The molecule has 0 aromatic heterocycles. The van der Waals surface area contributed by atoms with Crippen LogP contribution in [0.4, 0.5) is 0 Å². The summed E-state index contributed by atoms with van der Waals surface area (Å²) in [5.74, 6) is 5.55. The zero-order valence-electron chi connectivity index (χ0n) is 9.03. The standard InChI is InChI=1S/C9H18N4O2/c1-8(14)11-3-2-9(15)12-4-6-13(10)7-5-12/h2-7,10H2,1H3,(H,11,14). The number of carbonyl (C=O) groups excluding carboxylic acids is 2. The molecule has 0 bridgehead atoms. The molecule has 0 atom stereocenters. The van der Waals surface area contributed by atoms with E-state index in [4.69, 9.17) is 5.84 Å². The van der Waals surface area contributed by atoms with E-state index in [0.29, 0.717) is 39.1 Å². The van der Waals surface area contributed by atoms with Gasteiger partial charge in [0.25, 0.3) is 0 Å². The second-order valence-electron chi connectivity index (χ2n) is 3.65. The molecular formula is C9H18N4O2. The normalized spacial score (nSPS) is 17.6. The topological polar surface area (TPSA) is 78.7 Å². The molecule has 0 aromatic rings. The predicted molar refractivity (Wildman–Crippen MR) is 55.6 cm³/mol. The Labute approximate surface area is 89.4 Å². The number of nitrogens with zero attached hydrogens (tertiary/aromatic N) is 2. The van der Waals surface area contributed by atoms with Crippen molar-refractivity contribution < 1.29 is 9.59 Å². The fourth-order valence-corrected chi connectivity index (χ4v) is 1.47. The van der Waals surface area contributed by atoms with Crippen molar-refractivity contribution in [3.63, 3.8) is 0 Å². The molecule has 0 saturated carbocycles. The number of rotatable bonds is 3. The molecule has 6 heteroatoms. The number of hydrazine groups is 1. The Morgan fingerprint density at radius 2 is 1.87 bits per heavy atom. The number of piperazine rings is 1. The van der Waals surface area contributed by atoms with Gasteiger partial charge in [0.05, 0.1) is 0 Å². The average Bonchev–Trinajstić information content (AvgIpc) is 2.18. The summed E-state index contributed by atoms with van der Waals surface area (Å²) in [5, 5.41) is 4.31. The molecule has 6 nitrogen and oxygen atoms in total. The lowest BCUT2D eigenvalue weighted by Crippen LogP contribution is -2.51. The SMILES string of the molecule is CC(=O)NCCC(=O)N1CCN(N)CC1. The minimum Gasteiger partial charge on any atom is -0.356 e. The van der Waals surface area contributed by atoms with Crippen molar-refractivity contribution in [3.05, 3.63) is 0 Å². The third kappa shape index (κ3) is 4.26. The van der Waals surface area contributed by atoms with E-state index in [2.05, 4.69) is 5.32 Å². The van der Waals surface area contributed by atoms with Gasteiger partial charge in [0.1, 0.15) is 0 Å². The lowest BCUT2D eigenvalue weighted by atomic mass is 10.3. The van der Waals surface area contributed by atoms with Crippen LogP contribution < -0.4 is 11.2 Å². The van der Waals surface area contributed by atoms with Crippen molar-refractivity contribution >= 4 is 11.8 Å². The summed E-state index contributed by atoms with van der Waals surface area (Å²) in [5.41, 5.74) is 0. The molecule has 0 spiro atoms. The summed E-state index contributed by atoms with van der Waals surface area (Å²) in [6.45, 7) is 4.64. The van der Waals surface area contributed by atoms with Gasteiger partial charge in [-0.05, 0) is 0 Å². The lowest BCUT2D eigenvalue weighted by molar-refractivity contribution is -0.132. The van der Waals surface area contributed by atoms with Crippen LogP contribution in [0.1, 0.15) is 13.3 Å². The van der Waals surface area contributed by atoms with Gasteiger partial charge in [-0.25, -0.2) is 5.01 Å². The Hall–Kier alpha value is -1.14. The largest absolute Gasteiger partial charge is 0.356 e. The van der Waals surface area contributed by atoms with Crippen LogP contribution in [0.25, 0.3) is 0 Å². The van der Waals surface area contributed by atoms with E-state index in [1.807, 2.05) is 0 Å². The second-order valence-corrected chi connectivity index (χ2v) is 3.65. The second kappa shape index (κ2) is 5.67. The predicted octanol–water partition coefficient (Wildman–Crippen LogP) is -1.47. The Bertz CT molecular complexity index is 236. The van der Waals surface area contributed by atoms with Crippen molar-refractivity contribution in [2.45, 2.75) is 13.3 Å². The van der Waals surface area contributed by atoms with Crippen molar-refractivity contribution in [1.82, 2.24) is 15.2 Å². The number of hydrogen-bond donors (Lipinski definition) is 2. The molecular weight excluding hydrogens is 196 g/mol. The molecule has 0 aromatic carbocycles. The Morgan fingerprint density at radius 1 is 1.27 bits per heavy atom. The van der Waals surface area contributed by atoms with Crippen molar-refractivity contribution in [1.29, 1.82) is 0 Å². The summed E-state index contributed by atoms with van der Waals surface area (Å²) in [4.78, 5) is 24.0. The van der Waals surface area contributed by atoms with E-state index >= 15 is 0 Å². The third-order valence-corrected chi connectivity index (χ3v) is 2.38. The molecule has 1 aliphatic heterocycles. The minimum absolute atomic E-state index is 0.0804. The van der Waals surface area contributed by atoms with Crippen LogP contribution in [0.15, 0.2) is 0 Å². The Kier molecular flexibility index (Phi) is 4.51. The maximum absolute atomic E-state index is 11.6. The molecule has 3 N–H and O–H groups in total. The van der Waals surface area contributed by atoms with Crippen LogP contribution in [-0.2, 0) is 9.59 Å². The molecule has 0 radical (unpaired) electrons. The van der Waals surface area contributed by atoms with E-state index in [-0.39, 0.29) is 11.8 Å². The maximum atomic E-state index is 11.6.